The highest BCUT2D eigenvalue weighted by atomic mass is 79.9. The third kappa shape index (κ3) is 7.84. The molecule has 0 bridgehead atoms. The quantitative estimate of drug-likeness (QED) is 0.265. The van der Waals surface area contributed by atoms with Crippen LogP contribution in [0, 0.1) is 0 Å². The summed E-state index contributed by atoms with van der Waals surface area (Å²) in [6.07, 6.45) is 1.50. The highest BCUT2D eigenvalue weighted by Crippen LogP contribution is 2.29. The number of amides is 2. The summed E-state index contributed by atoms with van der Waals surface area (Å²) in [5.41, 5.74) is 4.61. The second kappa shape index (κ2) is 13.3. The van der Waals surface area contributed by atoms with Crippen molar-refractivity contribution in [2.45, 2.75) is 26.5 Å². The normalized spacial score (nSPS) is 11.6. The van der Waals surface area contributed by atoms with E-state index in [1.54, 1.807) is 50.4 Å². The molecule has 2 N–H and O–H groups in total. The zero-order valence-corrected chi connectivity index (χ0v) is 21.9. The highest BCUT2D eigenvalue weighted by Gasteiger charge is 2.16. The summed E-state index contributed by atoms with van der Waals surface area (Å²) in [6, 6.07) is 19.1. The summed E-state index contributed by atoms with van der Waals surface area (Å²) in [6.45, 7) is 4.34. The Morgan fingerprint density at radius 3 is 2.39 bits per heavy atom. The molecule has 1 unspecified atom stereocenters. The molecule has 36 heavy (non-hydrogen) atoms. The lowest BCUT2D eigenvalue weighted by Crippen LogP contribution is -2.43. The molecule has 188 valence electrons. The van der Waals surface area contributed by atoms with Gasteiger partial charge in [0.2, 0.25) is 0 Å². The molecule has 0 aliphatic rings. The van der Waals surface area contributed by atoms with Crippen LogP contribution < -0.4 is 25.0 Å². The molecule has 0 saturated carbocycles. The maximum atomic E-state index is 12.4. The van der Waals surface area contributed by atoms with Crippen LogP contribution in [0.5, 0.6) is 17.2 Å². The number of methoxy groups -OCH3 is 1. The van der Waals surface area contributed by atoms with Gasteiger partial charge in [-0.05, 0) is 79.6 Å². The predicted molar refractivity (Wildman–Crippen MR) is 142 cm³/mol. The lowest BCUT2D eigenvalue weighted by molar-refractivity contribution is -0.122. The number of nitrogens with zero attached hydrogens (tertiary/aromatic N) is 1. The van der Waals surface area contributed by atoms with Crippen LogP contribution in [0.25, 0.3) is 0 Å². The van der Waals surface area contributed by atoms with Crippen LogP contribution in [0.1, 0.15) is 35.3 Å². The number of hydrogen-bond donors (Lipinski definition) is 2. The van der Waals surface area contributed by atoms with Crippen LogP contribution in [0.3, 0.4) is 0 Å². The van der Waals surface area contributed by atoms with Crippen molar-refractivity contribution in [3.63, 3.8) is 0 Å². The van der Waals surface area contributed by atoms with Gasteiger partial charge in [0.15, 0.2) is 11.5 Å². The van der Waals surface area contributed by atoms with E-state index in [0.717, 1.165) is 10.0 Å². The van der Waals surface area contributed by atoms with Gasteiger partial charge in [-0.15, -0.1) is 0 Å². The lowest BCUT2D eigenvalue weighted by Gasteiger charge is -2.13. The molecule has 0 spiro atoms. The maximum Gasteiger partial charge on any atom is 0.262 e. The van der Waals surface area contributed by atoms with Gasteiger partial charge < -0.3 is 19.5 Å². The van der Waals surface area contributed by atoms with Crippen molar-refractivity contribution >= 4 is 34.0 Å². The van der Waals surface area contributed by atoms with Crippen LogP contribution >= 0.6 is 15.9 Å². The Morgan fingerprint density at radius 2 is 1.72 bits per heavy atom. The zero-order chi connectivity index (χ0) is 25.9. The fraction of sp³-hybridized carbons (Fsp3) is 0.222. The van der Waals surface area contributed by atoms with Gasteiger partial charge in [0.1, 0.15) is 18.4 Å². The SMILES string of the molecule is CCOc1cc(C=NNC(=O)C(C)NC(=O)c2ccc(OC)cc2)ccc1OCc1ccc(Br)cc1. The number of carbonyl (C=O) groups is 2. The Hall–Kier alpha value is -3.85. The molecule has 1 atom stereocenters. The Morgan fingerprint density at radius 1 is 1.00 bits per heavy atom. The van der Waals surface area contributed by atoms with Gasteiger partial charge in [0.25, 0.3) is 11.8 Å². The molecule has 0 saturated heterocycles. The van der Waals surface area contributed by atoms with Crippen molar-refractivity contribution in [1.29, 1.82) is 0 Å². The van der Waals surface area contributed by atoms with Crippen molar-refractivity contribution in [1.82, 2.24) is 10.7 Å². The number of carbonyl (C=O) groups excluding carboxylic acids is 2. The van der Waals surface area contributed by atoms with Crippen molar-refractivity contribution in [2.24, 2.45) is 5.10 Å². The molecule has 9 heteroatoms. The molecule has 0 aliphatic heterocycles. The number of benzene rings is 3. The fourth-order valence-electron chi connectivity index (χ4n) is 3.09. The monoisotopic (exact) mass is 553 g/mol. The number of rotatable bonds is 11. The maximum absolute atomic E-state index is 12.4. The second-order valence-electron chi connectivity index (χ2n) is 7.71. The minimum atomic E-state index is -0.787. The van der Waals surface area contributed by atoms with Crippen LogP contribution in [0.4, 0.5) is 0 Å². The summed E-state index contributed by atoms with van der Waals surface area (Å²) < 4.78 is 17.7. The lowest BCUT2D eigenvalue weighted by atomic mass is 10.2. The summed E-state index contributed by atoms with van der Waals surface area (Å²) in [5, 5.41) is 6.65. The van der Waals surface area contributed by atoms with Crippen LogP contribution in [0.15, 0.2) is 76.3 Å². The van der Waals surface area contributed by atoms with Crippen molar-refractivity contribution in [3.05, 3.63) is 87.9 Å². The average Bonchev–Trinajstić information content (AvgIpc) is 2.89. The smallest absolute Gasteiger partial charge is 0.262 e. The van der Waals surface area contributed by atoms with Gasteiger partial charge in [-0.2, -0.15) is 5.10 Å². The first-order valence-electron chi connectivity index (χ1n) is 11.3. The molecule has 0 aromatic heterocycles. The van der Waals surface area contributed by atoms with Crippen LogP contribution in [0.2, 0.25) is 0 Å². The average molecular weight is 554 g/mol. The van der Waals surface area contributed by atoms with Crippen LogP contribution in [-0.4, -0.2) is 37.8 Å². The Kier molecular flexibility index (Phi) is 9.88. The van der Waals surface area contributed by atoms with E-state index in [9.17, 15) is 9.59 Å². The zero-order valence-electron chi connectivity index (χ0n) is 20.3. The molecule has 0 radical (unpaired) electrons. The molecule has 2 amide bonds. The van der Waals surface area contributed by atoms with Crippen molar-refractivity contribution in [2.75, 3.05) is 13.7 Å². The molecule has 3 aromatic carbocycles. The molecule has 8 nitrogen and oxygen atoms in total. The van der Waals surface area contributed by atoms with Crippen molar-refractivity contribution in [3.8, 4) is 17.2 Å². The molecule has 3 rings (SSSR count). The first kappa shape index (κ1) is 26.7. The first-order valence-corrected chi connectivity index (χ1v) is 12.1. The summed E-state index contributed by atoms with van der Waals surface area (Å²) >= 11 is 3.42. The van der Waals surface area contributed by atoms with Gasteiger partial charge in [0.05, 0.1) is 19.9 Å². The van der Waals surface area contributed by atoms with E-state index in [1.807, 2.05) is 37.3 Å². The minimum absolute atomic E-state index is 0.371. The summed E-state index contributed by atoms with van der Waals surface area (Å²) in [7, 11) is 1.55. The first-order chi connectivity index (χ1) is 17.4. The Balaban J connectivity index is 1.55. The number of hydrogen-bond acceptors (Lipinski definition) is 6. The molecule has 0 aliphatic carbocycles. The molecular weight excluding hydrogens is 526 g/mol. The van der Waals surface area contributed by atoms with Gasteiger partial charge in [-0.3, -0.25) is 9.59 Å². The Bertz CT molecular complexity index is 1200. The fourth-order valence-corrected chi connectivity index (χ4v) is 3.35. The standard InChI is InChI=1S/C27H28BrN3O5/c1-4-35-25-15-20(7-14-24(25)36-17-19-5-10-22(28)11-6-19)16-29-31-26(32)18(2)30-27(33)21-8-12-23(34-3)13-9-21/h5-16,18H,4,17H2,1-3H3,(H,30,33)(H,31,32). The van der Waals surface area contributed by atoms with E-state index < -0.39 is 11.9 Å². The molecular formula is C27H28BrN3O5. The van der Waals surface area contributed by atoms with Gasteiger partial charge in [-0.25, -0.2) is 5.43 Å². The van der Waals surface area contributed by atoms with E-state index in [-0.39, 0.29) is 5.91 Å². The number of ether oxygens (including phenoxy) is 3. The topological polar surface area (TPSA) is 98.2 Å². The third-order valence-corrected chi connectivity index (χ3v) is 5.59. The molecule has 3 aromatic rings. The highest BCUT2D eigenvalue weighted by molar-refractivity contribution is 9.10. The number of halogens is 1. The second-order valence-corrected chi connectivity index (χ2v) is 8.63. The molecule has 0 heterocycles. The van der Waals surface area contributed by atoms with E-state index >= 15 is 0 Å². The van der Waals surface area contributed by atoms with E-state index in [4.69, 9.17) is 14.2 Å². The van der Waals surface area contributed by atoms with Gasteiger partial charge >= 0.3 is 0 Å². The molecule has 0 fully saturated rings. The van der Waals surface area contributed by atoms with Gasteiger partial charge in [-0.1, -0.05) is 28.1 Å². The van der Waals surface area contributed by atoms with E-state index in [2.05, 4.69) is 31.8 Å². The Labute approximate surface area is 218 Å². The van der Waals surface area contributed by atoms with Crippen molar-refractivity contribution < 1.29 is 23.8 Å². The van der Waals surface area contributed by atoms with Crippen LogP contribution in [-0.2, 0) is 11.4 Å². The third-order valence-electron chi connectivity index (χ3n) is 5.06. The predicted octanol–water partition coefficient (Wildman–Crippen LogP) is 4.70. The minimum Gasteiger partial charge on any atom is -0.497 e. The number of nitrogens with one attached hydrogen (secondary N) is 2. The van der Waals surface area contributed by atoms with E-state index in [0.29, 0.717) is 41.6 Å². The summed E-state index contributed by atoms with van der Waals surface area (Å²) in [4.78, 5) is 24.7. The summed E-state index contributed by atoms with van der Waals surface area (Å²) in [5.74, 6) is 1.00. The number of hydrazone groups is 1. The van der Waals surface area contributed by atoms with Gasteiger partial charge in [0, 0.05) is 10.0 Å². The largest absolute Gasteiger partial charge is 0.497 e. The van der Waals surface area contributed by atoms with E-state index in [1.165, 1.54) is 6.21 Å².